The summed E-state index contributed by atoms with van der Waals surface area (Å²) in [6.07, 6.45) is 1.13. The average molecular weight is 480 g/mol. The van der Waals surface area contributed by atoms with Crippen LogP contribution >= 0.6 is 0 Å². The SMILES string of the molecule is COc1ccc2ncc(=O)n(CC(F)CCC3CC(=O)N(c4ccc5c(n4)CC(=O)CO5)C3)c2c1. The summed E-state index contributed by atoms with van der Waals surface area (Å²) < 4.78 is 27.0. The zero-order valence-electron chi connectivity index (χ0n) is 19.3. The number of carbonyl (C=O) groups excluding carboxylic acids is 2. The summed E-state index contributed by atoms with van der Waals surface area (Å²) in [5.41, 5.74) is 1.25. The van der Waals surface area contributed by atoms with Crippen LogP contribution in [0.4, 0.5) is 10.2 Å². The normalized spacial score (nSPS) is 18.5. The number of carbonyl (C=O) groups is 2. The molecule has 2 aliphatic heterocycles. The van der Waals surface area contributed by atoms with Gasteiger partial charge in [-0.3, -0.25) is 19.3 Å². The van der Waals surface area contributed by atoms with E-state index in [1.807, 2.05) is 0 Å². The summed E-state index contributed by atoms with van der Waals surface area (Å²) in [5.74, 6) is 1.45. The van der Waals surface area contributed by atoms with Crippen LogP contribution in [0.2, 0.25) is 0 Å². The number of methoxy groups -OCH3 is 1. The van der Waals surface area contributed by atoms with E-state index in [1.165, 1.54) is 17.9 Å². The van der Waals surface area contributed by atoms with Crippen molar-refractivity contribution < 1.29 is 23.5 Å². The fourth-order valence-electron chi connectivity index (χ4n) is 4.64. The molecule has 3 aromatic rings. The molecule has 5 rings (SSSR count). The van der Waals surface area contributed by atoms with Gasteiger partial charge >= 0.3 is 0 Å². The molecule has 4 heterocycles. The van der Waals surface area contributed by atoms with Crippen molar-refractivity contribution in [1.82, 2.24) is 14.5 Å². The molecule has 1 aromatic carbocycles. The molecular weight excluding hydrogens is 455 g/mol. The molecule has 0 radical (unpaired) electrons. The topological polar surface area (TPSA) is 104 Å². The van der Waals surface area contributed by atoms with Crippen LogP contribution in [0.15, 0.2) is 41.3 Å². The van der Waals surface area contributed by atoms with Gasteiger partial charge in [-0.1, -0.05) is 0 Å². The zero-order chi connectivity index (χ0) is 24.5. The van der Waals surface area contributed by atoms with Gasteiger partial charge in [0.2, 0.25) is 5.91 Å². The van der Waals surface area contributed by atoms with Gasteiger partial charge in [0.05, 0.1) is 43.0 Å². The molecule has 1 fully saturated rings. The lowest BCUT2D eigenvalue weighted by atomic mass is 10.0. The van der Waals surface area contributed by atoms with E-state index in [2.05, 4.69) is 9.97 Å². The number of hydrogen-bond donors (Lipinski definition) is 0. The fourth-order valence-corrected chi connectivity index (χ4v) is 4.64. The van der Waals surface area contributed by atoms with Crippen molar-refractivity contribution in [3.05, 3.63) is 52.6 Å². The molecule has 0 aliphatic carbocycles. The van der Waals surface area contributed by atoms with Crippen LogP contribution < -0.4 is 19.9 Å². The average Bonchev–Trinajstić information content (AvgIpc) is 3.24. The molecule has 2 aromatic heterocycles. The molecular formula is C25H25FN4O5. The standard InChI is InChI=1S/C25H25FN4O5/c1-34-18-4-5-19-21(10-18)29(25(33)11-27-19)13-16(26)3-2-15-8-24(32)30(12-15)23-7-6-22-20(28-23)9-17(31)14-35-22/h4-7,10-11,15-16H,2-3,8-9,12-14H2,1H3. The smallest absolute Gasteiger partial charge is 0.269 e. The number of alkyl halides is 1. The summed E-state index contributed by atoms with van der Waals surface area (Å²) >= 11 is 0. The van der Waals surface area contributed by atoms with Gasteiger partial charge in [0.25, 0.3) is 5.56 Å². The van der Waals surface area contributed by atoms with Crippen molar-refractivity contribution in [2.24, 2.45) is 5.92 Å². The number of nitrogens with zero attached hydrogens (tertiary/aromatic N) is 4. The van der Waals surface area contributed by atoms with E-state index < -0.39 is 6.17 Å². The van der Waals surface area contributed by atoms with E-state index in [4.69, 9.17) is 9.47 Å². The Labute approximate surface area is 200 Å². The van der Waals surface area contributed by atoms with Crippen LogP contribution in [-0.4, -0.2) is 52.7 Å². The second-order valence-corrected chi connectivity index (χ2v) is 8.93. The predicted octanol–water partition coefficient (Wildman–Crippen LogP) is 2.48. The minimum Gasteiger partial charge on any atom is -0.497 e. The Hall–Kier alpha value is -3.82. The number of aromatic nitrogens is 3. The first-order chi connectivity index (χ1) is 16.9. The zero-order valence-corrected chi connectivity index (χ0v) is 19.3. The number of benzene rings is 1. The van der Waals surface area contributed by atoms with Crippen LogP contribution in [0.25, 0.3) is 11.0 Å². The second kappa shape index (κ2) is 9.44. The van der Waals surface area contributed by atoms with Crippen molar-refractivity contribution in [1.29, 1.82) is 0 Å². The highest BCUT2D eigenvalue weighted by molar-refractivity contribution is 5.95. The molecule has 2 atom stereocenters. The molecule has 0 spiro atoms. The highest BCUT2D eigenvalue weighted by atomic mass is 19.1. The van der Waals surface area contributed by atoms with Gasteiger partial charge in [0, 0.05) is 19.0 Å². The number of rotatable bonds is 7. The summed E-state index contributed by atoms with van der Waals surface area (Å²) in [6.45, 7) is 0.370. The number of amides is 1. The van der Waals surface area contributed by atoms with Gasteiger partial charge in [-0.15, -0.1) is 0 Å². The van der Waals surface area contributed by atoms with Crippen LogP contribution in [0.1, 0.15) is 25.0 Å². The lowest BCUT2D eigenvalue weighted by molar-refractivity contribution is -0.121. The maximum absolute atomic E-state index is 15.0. The summed E-state index contributed by atoms with van der Waals surface area (Å²) in [5, 5.41) is 0. The predicted molar refractivity (Wildman–Crippen MR) is 126 cm³/mol. The van der Waals surface area contributed by atoms with Crippen LogP contribution in [-0.2, 0) is 22.6 Å². The van der Waals surface area contributed by atoms with Crippen molar-refractivity contribution in [2.75, 3.05) is 25.2 Å². The molecule has 1 amide bonds. The molecule has 10 heteroatoms. The molecule has 1 saturated heterocycles. The third kappa shape index (κ3) is 4.73. The van der Waals surface area contributed by atoms with Gasteiger partial charge in [-0.2, -0.15) is 0 Å². The molecule has 182 valence electrons. The number of anilines is 1. The number of pyridine rings is 1. The van der Waals surface area contributed by atoms with E-state index in [0.717, 1.165) is 0 Å². The first kappa shape index (κ1) is 22.9. The van der Waals surface area contributed by atoms with E-state index >= 15 is 4.39 Å². The minimum absolute atomic E-state index is 0.0255. The number of fused-ring (bicyclic) bond motifs is 2. The number of ketones is 1. The summed E-state index contributed by atoms with van der Waals surface area (Å²) in [7, 11) is 1.52. The van der Waals surface area contributed by atoms with Gasteiger partial charge in [-0.05, 0) is 43.0 Å². The lowest BCUT2D eigenvalue weighted by Crippen LogP contribution is -2.28. The van der Waals surface area contributed by atoms with Gasteiger partial charge < -0.3 is 14.0 Å². The Morgan fingerprint density at radius 2 is 2.09 bits per heavy atom. The van der Waals surface area contributed by atoms with Crippen molar-refractivity contribution in [3.63, 3.8) is 0 Å². The molecule has 0 saturated carbocycles. The molecule has 35 heavy (non-hydrogen) atoms. The van der Waals surface area contributed by atoms with Crippen LogP contribution in [0, 0.1) is 5.92 Å². The van der Waals surface area contributed by atoms with E-state index in [0.29, 0.717) is 53.4 Å². The summed E-state index contributed by atoms with van der Waals surface area (Å²) in [6, 6.07) is 8.58. The Bertz CT molecular complexity index is 1360. The number of halogens is 1. The monoisotopic (exact) mass is 480 g/mol. The molecule has 2 unspecified atom stereocenters. The Balaban J connectivity index is 1.23. The van der Waals surface area contributed by atoms with Gasteiger partial charge in [0.1, 0.15) is 30.1 Å². The third-order valence-electron chi connectivity index (χ3n) is 6.47. The van der Waals surface area contributed by atoms with Crippen LogP contribution in [0.5, 0.6) is 11.5 Å². The first-order valence-electron chi connectivity index (χ1n) is 11.5. The minimum atomic E-state index is -1.27. The molecule has 0 bridgehead atoms. The fraction of sp³-hybridized carbons (Fsp3) is 0.400. The quantitative estimate of drug-likeness (QED) is 0.512. The Kier molecular flexibility index (Phi) is 6.19. The summed E-state index contributed by atoms with van der Waals surface area (Å²) in [4.78, 5) is 46.9. The lowest BCUT2D eigenvalue weighted by Gasteiger charge is -2.20. The number of Topliss-reactive ketones (excluding diaryl/α,β-unsaturated/α-hetero) is 1. The highest BCUT2D eigenvalue weighted by Gasteiger charge is 2.32. The van der Waals surface area contributed by atoms with Crippen molar-refractivity contribution in [3.8, 4) is 11.5 Å². The molecule has 2 aliphatic rings. The highest BCUT2D eigenvalue weighted by Crippen LogP contribution is 2.31. The Morgan fingerprint density at radius 1 is 1.23 bits per heavy atom. The number of hydrogen-bond acceptors (Lipinski definition) is 7. The largest absolute Gasteiger partial charge is 0.497 e. The maximum Gasteiger partial charge on any atom is 0.269 e. The Morgan fingerprint density at radius 3 is 2.91 bits per heavy atom. The molecule has 9 nitrogen and oxygen atoms in total. The second-order valence-electron chi connectivity index (χ2n) is 8.93. The van der Waals surface area contributed by atoms with E-state index in [1.54, 1.807) is 35.2 Å². The van der Waals surface area contributed by atoms with E-state index in [9.17, 15) is 14.4 Å². The van der Waals surface area contributed by atoms with Gasteiger partial charge in [0.15, 0.2) is 5.78 Å². The van der Waals surface area contributed by atoms with Crippen molar-refractivity contribution >= 4 is 28.5 Å². The van der Waals surface area contributed by atoms with Crippen molar-refractivity contribution in [2.45, 2.75) is 38.4 Å². The maximum atomic E-state index is 15.0. The molecule has 0 N–H and O–H groups in total. The van der Waals surface area contributed by atoms with E-state index in [-0.39, 0.29) is 49.2 Å². The first-order valence-corrected chi connectivity index (χ1v) is 11.5. The number of ether oxygens (including phenoxy) is 2. The third-order valence-corrected chi connectivity index (χ3v) is 6.47. The van der Waals surface area contributed by atoms with Gasteiger partial charge in [-0.25, -0.2) is 14.4 Å². The van der Waals surface area contributed by atoms with Crippen LogP contribution in [0.3, 0.4) is 0 Å².